The third kappa shape index (κ3) is 5.53. The molecule has 1 aromatic carbocycles. The van der Waals surface area contributed by atoms with Gasteiger partial charge < -0.3 is 4.74 Å². The van der Waals surface area contributed by atoms with E-state index >= 15 is 0 Å². The van der Waals surface area contributed by atoms with Gasteiger partial charge in [0, 0.05) is 0 Å². The molecule has 1 aromatic rings. The molecule has 0 saturated heterocycles. The summed E-state index contributed by atoms with van der Waals surface area (Å²) in [6.45, 7) is 4.48. The van der Waals surface area contributed by atoms with Crippen LogP contribution in [0.1, 0.15) is 51.5 Å². The second-order valence-corrected chi connectivity index (χ2v) is 7.69. The number of benzene rings is 1. The van der Waals surface area contributed by atoms with E-state index in [-0.39, 0.29) is 17.0 Å². The van der Waals surface area contributed by atoms with Crippen molar-refractivity contribution in [2.45, 2.75) is 63.3 Å². The fourth-order valence-corrected chi connectivity index (χ4v) is 3.53. The molecule has 1 aliphatic heterocycles. The number of aliphatic imine (C=N–C) groups is 1. The van der Waals surface area contributed by atoms with E-state index in [2.05, 4.69) is 16.6 Å². The summed E-state index contributed by atoms with van der Waals surface area (Å²) in [5, 5.41) is 0. The predicted octanol–water partition coefficient (Wildman–Crippen LogP) is 3.25. The lowest BCUT2D eigenvalue weighted by Gasteiger charge is -2.09. The van der Waals surface area contributed by atoms with Crippen molar-refractivity contribution in [2.75, 3.05) is 6.61 Å². The molecule has 6 heteroatoms. The maximum Gasteiger partial charge on any atom is 0.299 e. The maximum absolute atomic E-state index is 12.4. The molecule has 1 aliphatic rings. The first-order chi connectivity index (χ1) is 11.0. The topological polar surface area (TPSA) is 67.8 Å². The highest BCUT2D eigenvalue weighted by atomic mass is 32.2. The average Bonchev–Trinajstić information content (AvgIpc) is 2.92. The number of amidine groups is 1. The molecule has 0 spiro atoms. The molecule has 128 valence electrons. The van der Waals surface area contributed by atoms with Crippen LogP contribution in [0.15, 0.2) is 34.2 Å². The summed E-state index contributed by atoms with van der Waals surface area (Å²) in [6.07, 6.45) is 6.91. The Morgan fingerprint density at radius 2 is 2.04 bits per heavy atom. The van der Waals surface area contributed by atoms with Gasteiger partial charge in [-0.2, -0.15) is 0 Å². The van der Waals surface area contributed by atoms with Crippen molar-refractivity contribution in [1.29, 1.82) is 0 Å². The number of hydrogen-bond acceptors (Lipinski definition) is 4. The fraction of sp³-hybridized carbons (Fsp3) is 0.588. The van der Waals surface area contributed by atoms with Gasteiger partial charge in [-0.15, -0.1) is 0 Å². The van der Waals surface area contributed by atoms with Crippen molar-refractivity contribution < 1.29 is 13.2 Å². The molecule has 1 heterocycles. The molecule has 5 nitrogen and oxygen atoms in total. The number of hydrogen-bond donors (Lipinski definition) is 1. The Morgan fingerprint density at radius 3 is 2.74 bits per heavy atom. The molecule has 1 unspecified atom stereocenters. The van der Waals surface area contributed by atoms with Crippen molar-refractivity contribution in [3.05, 3.63) is 29.8 Å². The summed E-state index contributed by atoms with van der Waals surface area (Å²) in [5.74, 6) is 0. The van der Waals surface area contributed by atoms with Crippen LogP contribution in [0, 0.1) is 0 Å². The summed E-state index contributed by atoms with van der Waals surface area (Å²) < 4.78 is 32.4. The van der Waals surface area contributed by atoms with Gasteiger partial charge in [-0.1, -0.05) is 44.7 Å². The highest BCUT2D eigenvalue weighted by Crippen LogP contribution is 2.15. The molecule has 23 heavy (non-hydrogen) atoms. The molecular formula is C17H26N2O3S. The van der Waals surface area contributed by atoms with E-state index in [1.807, 2.05) is 13.0 Å². The molecule has 0 fully saturated rings. The molecule has 1 atom stereocenters. The van der Waals surface area contributed by atoms with Crippen molar-refractivity contribution in [3.8, 4) is 0 Å². The second-order valence-electron chi connectivity index (χ2n) is 6.01. The number of unbranched alkanes of at least 4 members (excludes halogenated alkanes) is 4. The minimum atomic E-state index is -3.63. The van der Waals surface area contributed by atoms with Gasteiger partial charge in [0.05, 0.1) is 10.9 Å². The third-order valence-corrected chi connectivity index (χ3v) is 5.12. The molecule has 0 bridgehead atoms. The molecule has 0 aliphatic carbocycles. The van der Waals surface area contributed by atoms with Crippen LogP contribution in [-0.4, -0.2) is 27.1 Å². The first-order valence-electron chi connectivity index (χ1n) is 8.33. The fourth-order valence-electron chi connectivity index (χ4n) is 2.50. The van der Waals surface area contributed by atoms with Gasteiger partial charge in [0.25, 0.3) is 16.0 Å². The van der Waals surface area contributed by atoms with E-state index in [4.69, 9.17) is 4.74 Å². The molecule has 0 saturated carbocycles. The number of sulfonamides is 1. The lowest BCUT2D eigenvalue weighted by molar-refractivity contribution is 0.315. The van der Waals surface area contributed by atoms with Crippen molar-refractivity contribution in [3.63, 3.8) is 0 Å². The maximum atomic E-state index is 12.4. The molecule has 0 amide bonds. The van der Waals surface area contributed by atoms with Crippen LogP contribution in [0.3, 0.4) is 0 Å². The van der Waals surface area contributed by atoms with E-state index in [0.717, 1.165) is 18.4 Å². The van der Waals surface area contributed by atoms with Gasteiger partial charge >= 0.3 is 0 Å². The Hall–Kier alpha value is -1.56. The van der Waals surface area contributed by atoms with Gasteiger partial charge in [-0.05, 0) is 37.5 Å². The zero-order valence-electron chi connectivity index (χ0n) is 13.9. The van der Waals surface area contributed by atoms with Crippen LogP contribution >= 0.6 is 0 Å². The van der Waals surface area contributed by atoms with Gasteiger partial charge in [0.1, 0.15) is 6.61 Å². The number of nitrogens with zero attached hydrogens (tertiary/aromatic N) is 1. The first kappa shape index (κ1) is 17.8. The van der Waals surface area contributed by atoms with Gasteiger partial charge in [0.2, 0.25) is 0 Å². The SMILES string of the molecule is CCCCCCCc1cccc(S(=O)(=O)NC2=NC(C)CO2)c1. The van der Waals surface area contributed by atoms with E-state index in [1.165, 1.54) is 25.7 Å². The van der Waals surface area contributed by atoms with E-state index in [9.17, 15) is 8.42 Å². The van der Waals surface area contributed by atoms with Crippen LogP contribution < -0.4 is 4.72 Å². The second kappa shape index (κ2) is 8.34. The van der Waals surface area contributed by atoms with E-state index in [0.29, 0.717) is 6.61 Å². The lowest BCUT2D eigenvalue weighted by Crippen LogP contribution is -2.30. The Kier molecular flexibility index (Phi) is 6.45. The van der Waals surface area contributed by atoms with E-state index < -0.39 is 10.0 Å². The summed E-state index contributed by atoms with van der Waals surface area (Å²) in [6, 6.07) is 7.17. The number of aryl methyl sites for hydroxylation is 1. The summed E-state index contributed by atoms with van der Waals surface area (Å²) in [7, 11) is -3.63. The zero-order chi connectivity index (χ0) is 16.7. The molecule has 0 aromatic heterocycles. The molecular weight excluding hydrogens is 312 g/mol. The number of nitrogens with one attached hydrogen (secondary N) is 1. The predicted molar refractivity (Wildman–Crippen MR) is 92.1 cm³/mol. The molecule has 2 rings (SSSR count). The zero-order valence-corrected chi connectivity index (χ0v) is 14.7. The average molecular weight is 338 g/mol. The Morgan fingerprint density at radius 1 is 1.26 bits per heavy atom. The Bertz CT molecular complexity index is 641. The van der Waals surface area contributed by atoms with Crippen LogP contribution in [0.2, 0.25) is 0 Å². The normalized spacial score (nSPS) is 17.7. The standard InChI is InChI=1S/C17H26N2O3S/c1-3-4-5-6-7-9-15-10-8-11-16(12-15)23(20,21)19-17-18-14(2)13-22-17/h8,10-12,14H,3-7,9,13H2,1-2H3,(H,18,19). The minimum Gasteiger partial charge on any atom is -0.462 e. The molecule has 0 radical (unpaired) electrons. The summed E-state index contributed by atoms with van der Waals surface area (Å²) in [4.78, 5) is 4.36. The van der Waals surface area contributed by atoms with Gasteiger partial charge in [0.15, 0.2) is 0 Å². The van der Waals surface area contributed by atoms with Crippen LogP contribution in [-0.2, 0) is 21.2 Å². The Labute approximate surface area is 139 Å². The smallest absolute Gasteiger partial charge is 0.299 e. The van der Waals surface area contributed by atoms with Crippen LogP contribution in [0.25, 0.3) is 0 Å². The van der Waals surface area contributed by atoms with Gasteiger partial charge in [-0.25, -0.2) is 18.1 Å². The molecule has 1 N–H and O–H groups in total. The largest absolute Gasteiger partial charge is 0.462 e. The number of ether oxygens (including phenoxy) is 1. The van der Waals surface area contributed by atoms with Gasteiger partial charge in [-0.3, -0.25) is 0 Å². The van der Waals surface area contributed by atoms with Crippen molar-refractivity contribution in [1.82, 2.24) is 4.72 Å². The van der Waals surface area contributed by atoms with E-state index in [1.54, 1.807) is 18.2 Å². The van der Waals surface area contributed by atoms with Crippen molar-refractivity contribution in [2.24, 2.45) is 4.99 Å². The highest BCUT2D eigenvalue weighted by molar-refractivity contribution is 7.90. The van der Waals surface area contributed by atoms with Crippen molar-refractivity contribution >= 4 is 16.0 Å². The lowest BCUT2D eigenvalue weighted by atomic mass is 10.1. The first-order valence-corrected chi connectivity index (χ1v) is 9.82. The van der Waals surface area contributed by atoms with Crippen LogP contribution in [0.5, 0.6) is 0 Å². The third-order valence-electron chi connectivity index (χ3n) is 3.80. The minimum absolute atomic E-state index is 0.0119. The Balaban J connectivity index is 1.96. The quantitative estimate of drug-likeness (QED) is 0.740. The summed E-state index contributed by atoms with van der Waals surface area (Å²) >= 11 is 0. The number of rotatable bonds is 8. The van der Waals surface area contributed by atoms with Crippen LogP contribution in [0.4, 0.5) is 0 Å². The highest BCUT2D eigenvalue weighted by Gasteiger charge is 2.22. The summed E-state index contributed by atoms with van der Waals surface area (Å²) in [5.41, 5.74) is 1.05. The monoisotopic (exact) mass is 338 g/mol.